The zero-order valence-corrected chi connectivity index (χ0v) is 15.4. The molecule has 0 amide bonds. The van der Waals surface area contributed by atoms with E-state index in [0.29, 0.717) is 17.0 Å². The van der Waals surface area contributed by atoms with Gasteiger partial charge in [0.1, 0.15) is 12.2 Å². The molecule has 2 aliphatic rings. The molecule has 0 aromatic carbocycles. The molecule has 2 aromatic heterocycles. The van der Waals surface area contributed by atoms with Crippen molar-refractivity contribution in [1.29, 1.82) is 0 Å². The van der Waals surface area contributed by atoms with Crippen molar-refractivity contribution in [3.05, 3.63) is 12.7 Å². The monoisotopic (exact) mass is 379 g/mol. The maximum absolute atomic E-state index is 5.98. The van der Waals surface area contributed by atoms with E-state index < -0.39 is 5.79 Å². The Balaban J connectivity index is 0.00000144. The fourth-order valence-electron chi connectivity index (χ4n) is 3.01. The van der Waals surface area contributed by atoms with E-state index in [1.165, 1.54) is 0 Å². The second-order valence-electron chi connectivity index (χ2n) is 5.83. The average molecular weight is 379 g/mol. The number of hydrogen-bond acceptors (Lipinski definition) is 7. The van der Waals surface area contributed by atoms with Crippen molar-refractivity contribution < 1.29 is 46.9 Å². The molecule has 0 aliphatic carbocycles. The zero-order valence-electron chi connectivity index (χ0n) is 12.6. The molecule has 4 heterocycles. The van der Waals surface area contributed by atoms with E-state index >= 15 is 0 Å². The van der Waals surface area contributed by atoms with Crippen LogP contribution in [-0.4, -0.2) is 43.6 Å². The van der Waals surface area contributed by atoms with Crippen LogP contribution in [0.4, 0.5) is 5.82 Å². The molecule has 2 aromatic rings. The van der Waals surface area contributed by atoms with E-state index in [4.69, 9.17) is 19.9 Å². The van der Waals surface area contributed by atoms with Crippen LogP contribution in [0.3, 0.4) is 0 Å². The topological polar surface area (TPSA) is 97.3 Å². The molecule has 0 bridgehead atoms. The molecule has 4 rings (SSSR count). The van der Waals surface area contributed by atoms with Gasteiger partial charge in [-0.05, 0) is 20.8 Å². The molecule has 9 heteroatoms. The number of hydrogen-bond donors (Lipinski definition) is 1. The molecule has 2 aliphatic heterocycles. The first-order chi connectivity index (χ1) is 9.96. The van der Waals surface area contributed by atoms with Gasteiger partial charge in [-0.15, -0.1) is 0 Å². The van der Waals surface area contributed by atoms with E-state index in [0.717, 1.165) is 0 Å². The molecular formula is C13H16N5O3Y-. The summed E-state index contributed by atoms with van der Waals surface area (Å²) < 4.78 is 19.7. The van der Waals surface area contributed by atoms with E-state index in [2.05, 4.69) is 21.3 Å². The maximum Gasteiger partial charge on any atom is 0.164 e. The molecule has 2 saturated heterocycles. The molecule has 22 heavy (non-hydrogen) atoms. The van der Waals surface area contributed by atoms with Crippen LogP contribution in [0.5, 0.6) is 0 Å². The molecule has 115 valence electrons. The SMILES string of the molecule is C[C@H]1O[C@@H](n2cnc3c(N)n[c-]nc32)[C@@H]2OC(C)(C)O[C@@H]21.[Y]. The van der Waals surface area contributed by atoms with Gasteiger partial charge in [-0.1, -0.05) is 0 Å². The van der Waals surface area contributed by atoms with Gasteiger partial charge >= 0.3 is 0 Å². The minimum Gasteiger partial charge on any atom is -0.433 e. The Morgan fingerprint density at radius 1 is 1.27 bits per heavy atom. The van der Waals surface area contributed by atoms with Gasteiger partial charge < -0.3 is 34.5 Å². The van der Waals surface area contributed by atoms with Crippen molar-refractivity contribution >= 4 is 17.0 Å². The summed E-state index contributed by atoms with van der Waals surface area (Å²) in [6.07, 6.45) is 3.38. The van der Waals surface area contributed by atoms with E-state index in [1.807, 2.05) is 20.8 Å². The molecule has 2 N–H and O–H groups in total. The smallest absolute Gasteiger partial charge is 0.164 e. The average Bonchev–Trinajstić information content (AvgIpc) is 3.04. The number of rotatable bonds is 1. The van der Waals surface area contributed by atoms with Gasteiger partial charge in [0, 0.05) is 50.4 Å². The van der Waals surface area contributed by atoms with Crippen LogP contribution in [0.15, 0.2) is 6.33 Å². The first-order valence-electron chi connectivity index (χ1n) is 6.83. The van der Waals surface area contributed by atoms with Gasteiger partial charge in [0.15, 0.2) is 12.0 Å². The summed E-state index contributed by atoms with van der Waals surface area (Å²) in [5, 5.41) is 0. The second kappa shape index (κ2) is 5.45. The molecule has 4 atom stereocenters. The van der Waals surface area contributed by atoms with E-state index in [9.17, 15) is 0 Å². The van der Waals surface area contributed by atoms with Crippen molar-refractivity contribution in [2.24, 2.45) is 0 Å². The van der Waals surface area contributed by atoms with Crippen LogP contribution in [0.1, 0.15) is 27.0 Å². The quantitative estimate of drug-likeness (QED) is 0.727. The largest absolute Gasteiger partial charge is 0.433 e. The van der Waals surface area contributed by atoms with Gasteiger partial charge in [-0.3, -0.25) is 4.98 Å². The standard InChI is InChI=1S/C13H16N5O3.Y/c1-6-8-9(21-13(2,3)20-8)12(19-6)18-5-17-7-10(14)15-4-16-11(7)18;/h5-6,8-9,12H,1-3H3,(H2,14,15,16);/q-1;/t6-,8-,9-,12-;/m1./s1. The fraction of sp³-hybridized carbons (Fsp3) is 0.615. The number of aromatic nitrogens is 4. The summed E-state index contributed by atoms with van der Waals surface area (Å²) in [6.45, 7) is 5.77. The summed E-state index contributed by atoms with van der Waals surface area (Å²) in [4.78, 5) is 12.2. The third kappa shape index (κ3) is 2.37. The van der Waals surface area contributed by atoms with Crippen molar-refractivity contribution in [1.82, 2.24) is 19.5 Å². The molecule has 2 fully saturated rings. The minimum atomic E-state index is -0.623. The van der Waals surface area contributed by atoms with Crippen molar-refractivity contribution in [2.45, 2.75) is 51.1 Å². The molecular weight excluding hydrogens is 363 g/mol. The maximum atomic E-state index is 5.98. The first kappa shape index (κ1) is 16.2. The van der Waals surface area contributed by atoms with E-state index in [1.54, 1.807) is 10.9 Å². The number of nitrogen functional groups attached to an aromatic ring is 1. The summed E-state index contributed by atoms with van der Waals surface area (Å²) in [6, 6.07) is 0. The van der Waals surface area contributed by atoms with Crippen LogP contribution in [-0.2, 0) is 46.9 Å². The molecule has 0 unspecified atom stereocenters. The van der Waals surface area contributed by atoms with Crippen LogP contribution in [0.25, 0.3) is 11.2 Å². The minimum absolute atomic E-state index is 0. The molecule has 0 spiro atoms. The predicted molar refractivity (Wildman–Crippen MR) is 72.0 cm³/mol. The van der Waals surface area contributed by atoms with Crippen LogP contribution in [0.2, 0.25) is 0 Å². The third-order valence-electron chi connectivity index (χ3n) is 3.87. The number of ether oxygens (including phenoxy) is 3. The summed E-state index contributed by atoms with van der Waals surface area (Å²) in [5.41, 5.74) is 6.90. The Morgan fingerprint density at radius 3 is 2.77 bits per heavy atom. The normalized spacial score (nSPS) is 32.9. The van der Waals surface area contributed by atoms with Gasteiger partial charge in [-0.2, -0.15) is 0 Å². The van der Waals surface area contributed by atoms with Crippen molar-refractivity contribution in [3.8, 4) is 0 Å². The summed E-state index contributed by atoms with van der Waals surface area (Å²) in [7, 11) is 0. The Morgan fingerprint density at radius 2 is 2.00 bits per heavy atom. The van der Waals surface area contributed by atoms with Crippen molar-refractivity contribution in [2.75, 3.05) is 5.73 Å². The zero-order chi connectivity index (χ0) is 14.8. The second-order valence-corrected chi connectivity index (χ2v) is 5.83. The Labute approximate surface area is 152 Å². The molecule has 0 saturated carbocycles. The summed E-state index contributed by atoms with van der Waals surface area (Å²) in [5.74, 6) is -0.326. The van der Waals surface area contributed by atoms with Crippen LogP contribution >= 0.6 is 0 Å². The third-order valence-corrected chi connectivity index (χ3v) is 3.87. The van der Waals surface area contributed by atoms with Gasteiger partial charge in [-0.25, -0.2) is 0 Å². The van der Waals surface area contributed by atoms with Crippen LogP contribution < -0.4 is 5.73 Å². The number of nitrogens with two attached hydrogens (primary N) is 1. The van der Waals surface area contributed by atoms with E-state index in [-0.39, 0.29) is 57.2 Å². The fourth-order valence-corrected chi connectivity index (χ4v) is 3.01. The molecule has 8 nitrogen and oxygen atoms in total. The van der Waals surface area contributed by atoms with Crippen LogP contribution in [0, 0.1) is 6.33 Å². The van der Waals surface area contributed by atoms with Crippen molar-refractivity contribution in [3.63, 3.8) is 0 Å². The first-order valence-corrected chi connectivity index (χ1v) is 6.83. The Hall–Kier alpha value is -0.666. The Kier molecular flexibility index (Phi) is 4.02. The molecule has 1 radical (unpaired) electrons. The number of nitrogens with zero attached hydrogens (tertiary/aromatic N) is 4. The predicted octanol–water partition coefficient (Wildman–Crippen LogP) is 0.644. The van der Waals surface area contributed by atoms with Gasteiger partial charge in [0.05, 0.1) is 18.1 Å². The van der Waals surface area contributed by atoms with Gasteiger partial charge in [0.25, 0.3) is 0 Å². The van der Waals surface area contributed by atoms with Gasteiger partial charge in [0.2, 0.25) is 0 Å². The Bertz CT molecular complexity index is 706. The summed E-state index contributed by atoms with van der Waals surface area (Å²) >= 11 is 0. The number of imidazole rings is 1. The number of anilines is 1. The number of fused-ring (bicyclic) bond motifs is 2.